The molecule has 0 fully saturated rings. The summed E-state index contributed by atoms with van der Waals surface area (Å²) in [6.07, 6.45) is 3.13. The van der Waals surface area contributed by atoms with E-state index in [4.69, 9.17) is 17.3 Å². The Morgan fingerprint density at radius 3 is 2.76 bits per heavy atom. The van der Waals surface area contributed by atoms with Gasteiger partial charge in [0, 0.05) is 18.4 Å². The summed E-state index contributed by atoms with van der Waals surface area (Å²) in [5.41, 5.74) is 5.80. The molecule has 0 amide bonds. The molecule has 0 saturated carbocycles. The van der Waals surface area contributed by atoms with Crippen molar-refractivity contribution >= 4 is 27.3 Å². The fourth-order valence-electron chi connectivity index (χ4n) is 1.75. The van der Waals surface area contributed by atoms with Gasteiger partial charge in [-0.3, -0.25) is 4.98 Å². The molecule has 8 heteroatoms. The molecule has 0 aliphatic rings. The Bertz CT molecular complexity index is 754. The highest BCUT2D eigenvalue weighted by Gasteiger charge is 2.22. The first kappa shape index (κ1) is 15.7. The van der Waals surface area contributed by atoms with E-state index in [2.05, 4.69) is 9.71 Å². The van der Waals surface area contributed by atoms with Gasteiger partial charge in [0.15, 0.2) is 0 Å². The molecular weight excluding hydrogens is 317 g/mol. The van der Waals surface area contributed by atoms with Gasteiger partial charge in [-0.15, -0.1) is 0 Å². The van der Waals surface area contributed by atoms with Crippen LogP contribution in [0.2, 0.25) is 5.02 Å². The number of hydrogen-bond donors (Lipinski definition) is 2. The van der Waals surface area contributed by atoms with Gasteiger partial charge in [0.05, 0.1) is 10.7 Å². The molecule has 21 heavy (non-hydrogen) atoms. The summed E-state index contributed by atoms with van der Waals surface area (Å²) in [6.45, 7) is 1.66. The number of hydrogen-bond acceptors (Lipinski definition) is 4. The summed E-state index contributed by atoms with van der Waals surface area (Å²) in [7, 11) is -3.93. The topological polar surface area (TPSA) is 85.1 Å². The lowest BCUT2D eigenvalue weighted by Crippen LogP contribution is -2.27. The van der Waals surface area contributed by atoms with Gasteiger partial charge >= 0.3 is 0 Å². The van der Waals surface area contributed by atoms with Crippen LogP contribution in [0.1, 0.15) is 18.5 Å². The summed E-state index contributed by atoms with van der Waals surface area (Å²) < 4.78 is 40.3. The van der Waals surface area contributed by atoms with Gasteiger partial charge in [-0.05, 0) is 30.7 Å². The first-order valence-corrected chi connectivity index (χ1v) is 7.84. The number of aromatic nitrogens is 1. The van der Waals surface area contributed by atoms with E-state index in [1.165, 1.54) is 0 Å². The average molecular weight is 330 g/mol. The van der Waals surface area contributed by atoms with Crippen LogP contribution in [0.25, 0.3) is 0 Å². The van der Waals surface area contributed by atoms with Crippen molar-refractivity contribution in [2.24, 2.45) is 0 Å². The fraction of sp³-hybridized carbons (Fsp3) is 0.154. The Morgan fingerprint density at radius 2 is 2.14 bits per heavy atom. The van der Waals surface area contributed by atoms with Crippen LogP contribution in [0.3, 0.4) is 0 Å². The van der Waals surface area contributed by atoms with E-state index in [0.29, 0.717) is 5.56 Å². The lowest BCUT2D eigenvalue weighted by atomic mass is 10.2. The molecule has 0 aliphatic carbocycles. The van der Waals surface area contributed by atoms with Gasteiger partial charge in [0.2, 0.25) is 10.0 Å². The van der Waals surface area contributed by atoms with E-state index in [-0.39, 0.29) is 15.6 Å². The van der Waals surface area contributed by atoms with Gasteiger partial charge in [-0.25, -0.2) is 17.5 Å². The predicted octanol–water partition coefficient (Wildman–Crippen LogP) is 2.50. The number of rotatable bonds is 4. The third-order valence-corrected chi connectivity index (χ3v) is 4.86. The Balaban J connectivity index is 2.33. The zero-order valence-corrected chi connectivity index (χ0v) is 12.6. The molecule has 0 saturated heterocycles. The number of nitrogen functional groups attached to an aromatic ring is 1. The number of benzene rings is 1. The van der Waals surface area contributed by atoms with Gasteiger partial charge in [0.1, 0.15) is 10.7 Å². The maximum atomic E-state index is 13.2. The highest BCUT2D eigenvalue weighted by Crippen LogP contribution is 2.27. The molecule has 0 spiro atoms. The highest BCUT2D eigenvalue weighted by molar-refractivity contribution is 7.89. The molecule has 1 atom stereocenters. The number of nitrogens with one attached hydrogen (secondary N) is 1. The molecule has 0 aliphatic heterocycles. The SMILES string of the molecule is CC(NS(=O)(=O)c1cc(N)c(F)cc1Cl)c1cccnc1. The maximum Gasteiger partial charge on any atom is 0.242 e. The van der Waals surface area contributed by atoms with Gasteiger partial charge in [0.25, 0.3) is 0 Å². The number of nitrogens with two attached hydrogens (primary N) is 1. The molecule has 2 aromatic rings. The number of nitrogens with zero attached hydrogens (tertiary/aromatic N) is 1. The van der Waals surface area contributed by atoms with Crippen LogP contribution < -0.4 is 10.5 Å². The zero-order chi connectivity index (χ0) is 15.6. The molecule has 0 radical (unpaired) electrons. The summed E-state index contributed by atoms with van der Waals surface area (Å²) >= 11 is 5.79. The van der Waals surface area contributed by atoms with E-state index < -0.39 is 21.9 Å². The normalized spacial score (nSPS) is 13.1. The van der Waals surface area contributed by atoms with E-state index in [9.17, 15) is 12.8 Å². The number of sulfonamides is 1. The minimum atomic E-state index is -3.93. The third kappa shape index (κ3) is 3.49. The van der Waals surface area contributed by atoms with Crippen LogP contribution >= 0.6 is 11.6 Å². The highest BCUT2D eigenvalue weighted by atomic mass is 35.5. The largest absolute Gasteiger partial charge is 0.396 e. The second kappa shape index (κ2) is 5.97. The molecule has 1 aromatic carbocycles. The summed E-state index contributed by atoms with van der Waals surface area (Å²) in [5, 5.41) is -0.229. The number of halogens is 2. The van der Waals surface area contributed by atoms with Crippen molar-refractivity contribution in [3.05, 3.63) is 53.1 Å². The van der Waals surface area contributed by atoms with Crippen LogP contribution in [0.4, 0.5) is 10.1 Å². The molecule has 3 N–H and O–H groups in total. The Kier molecular flexibility index (Phi) is 4.46. The maximum absolute atomic E-state index is 13.2. The van der Waals surface area contributed by atoms with E-state index in [1.54, 1.807) is 31.5 Å². The van der Waals surface area contributed by atoms with Gasteiger partial charge in [-0.2, -0.15) is 0 Å². The Morgan fingerprint density at radius 1 is 1.43 bits per heavy atom. The Hall–Kier alpha value is -1.70. The van der Waals surface area contributed by atoms with Crippen LogP contribution in [0, 0.1) is 5.82 Å². The second-order valence-corrected chi connectivity index (χ2v) is 6.52. The molecule has 2 rings (SSSR count). The second-order valence-electron chi connectivity index (χ2n) is 4.43. The van der Waals surface area contributed by atoms with Crippen LogP contribution in [-0.4, -0.2) is 13.4 Å². The van der Waals surface area contributed by atoms with Crippen molar-refractivity contribution < 1.29 is 12.8 Å². The van der Waals surface area contributed by atoms with E-state index >= 15 is 0 Å². The fourth-order valence-corrected chi connectivity index (χ4v) is 3.53. The molecule has 1 heterocycles. The minimum Gasteiger partial charge on any atom is -0.396 e. The molecule has 5 nitrogen and oxygen atoms in total. The quantitative estimate of drug-likeness (QED) is 0.844. The summed E-state index contributed by atoms with van der Waals surface area (Å²) in [4.78, 5) is 3.66. The lowest BCUT2D eigenvalue weighted by molar-refractivity contribution is 0.566. The van der Waals surface area contributed by atoms with Crippen molar-refractivity contribution in [1.82, 2.24) is 9.71 Å². The first-order chi connectivity index (χ1) is 9.81. The zero-order valence-electron chi connectivity index (χ0n) is 11.0. The summed E-state index contributed by atoms with van der Waals surface area (Å²) in [6, 6.07) is 4.78. The van der Waals surface area contributed by atoms with Gasteiger partial charge < -0.3 is 5.73 Å². The average Bonchev–Trinajstić information content (AvgIpc) is 2.43. The Labute approximate surface area is 127 Å². The predicted molar refractivity (Wildman–Crippen MR) is 78.8 cm³/mol. The van der Waals surface area contributed by atoms with Gasteiger partial charge in [-0.1, -0.05) is 17.7 Å². The summed E-state index contributed by atoms with van der Waals surface area (Å²) in [5.74, 6) is -0.765. The first-order valence-electron chi connectivity index (χ1n) is 5.98. The smallest absolute Gasteiger partial charge is 0.242 e. The molecule has 1 unspecified atom stereocenters. The van der Waals surface area contributed by atoms with Crippen molar-refractivity contribution in [2.45, 2.75) is 17.9 Å². The van der Waals surface area contributed by atoms with Crippen LogP contribution in [0.5, 0.6) is 0 Å². The number of pyridine rings is 1. The molecule has 0 bridgehead atoms. The molecule has 112 valence electrons. The van der Waals surface area contributed by atoms with E-state index in [1.807, 2.05) is 0 Å². The monoisotopic (exact) mass is 329 g/mol. The molecular formula is C13H13ClFN3O2S. The third-order valence-electron chi connectivity index (χ3n) is 2.86. The van der Waals surface area contributed by atoms with E-state index in [0.717, 1.165) is 12.1 Å². The van der Waals surface area contributed by atoms with Crippen molar-refractivity contribution in [2.75, 3.05) is 5.73 Å². The van der Waals surface area contributed by atoms with Crippen molar-refractivity contribution in [1.29, 1.82) is 0 Å². The minimum absolute atomic E-state index is 0.229. The van der Waals surface area contributed by atoms with Crippen molar-refractivity contribution in [3.8, 4) is 0 Å². The van der Waals surface area contributed by atoms with Crippen LogP contribution in [0.15, 0.2) is 41.6 Å². The van der Waals surface area contributed by atoms with Crippen LogP contribution in [-0.2, 0) is 10.0 Å². The standard InChI is InChI=1S/C13H13ClFN3O2S/c1-8(9-3-2-4-17-7-9)18-21(19,20)13-6-12(16)11(15)5-10(13)14/h2-8,18H,16H2,1H3. The molecule has 1 aromatic heterocycles. The number of anilines is 1. The lowest BCUT2D eigenvalue weighted by Gasteiger charge is -2.15. The van der Waals surface area contributed by atoms with Crippen molar-refractivity contribution in [3.63, 3.8) is 0 Å².